The zero-order chi connectivity index (χ0) is 11.3. The summed E-state index contributed by atoms with van der Waals surface area (Å²) in [5.74, 6) is -0.363. The van der Waals surface area contributed by atoms with Crippen LogP contribution in [0.2, 0.25) is 0 Å². The van der Waals surface area contributed by atoms with Gasteiger partial charge in [0.1, 0.15) is 5.56 Å². The molecule has 5 nitrogen and oxygen atoms in total. The Balaban J connectivity index is 2.80. The SMILES string of the molecule is CCOC(=O)c1cnn(CCC#N)c1C. The third kappa shape index (κ3) is 2.56. The standard InChI is InChI=1S/C10H13N3O2/c1-3-15-10(14)9-7-12-13(8(9)2)6-4-5-11/h7H,3-4,6H2,1-2H3. The van der Waals surface area contributed by atoms with Gasteiger partial charge >= 0.3 is 5.97 Å². The fraction of sp³-hybridized carbons (Fsp3) is 0.500. The number of aromatic nitrogens is 2. The number of esters is 1. The Morgan fingerprint density at radius 2 is 2.47 bits per heavy atom. The lowest BCUT2D eigenvalue weighted by atomic mass is 10.2. The molecule has 0 unspecified atom stereocenters. The second-order valence-electron chi connectivity index (χ2n) is 3.00. The van der Waals surface area contributed by atoms with Crippen molar-refractivity contribution in [1.29, 1.82) is 5.26 Å². The average molecular weight is 207 g/mol. The third-order valence-electron chi connectivity index (χ3n) is 2.03. The van der Waals surface area contributed by atoms with Crippen molar-refractivity contribution in [3.63, 3.8) is 0 Å². The number of hydrogen-bond acceptors (Lipinski definition) is 4. The highest BCUT2D eigenvalue weighted by Crippen LogP contribution is 2.09. The van der Waals surface area contributed by atoms with Crippen LogP contribution in [-0.4, -0.2) is 22.4 Å². The minimum absolute atomic E-state index is 0.349. The van der Waals surface area contributed by atoms with Crippen molar-refractivity contribution in [2.24, 2.45) is 0 Å². The van der Waals surface area contributed by atoms with Gasteiger partial charge in [0.05, 0.1) is 31.8 Å². The predicted octanol–water partition coefficient (Wildman–Crippen LogP) is 1.28. The summed E-state index contributed by atoms with van der Waals surface area (Å²) in [5, 5.41) is 12.5. The van der Waals surface area contributed by atoms with Crippen molar-refractivity contribution in [2.45, 2.75) is 26.8 Å². The molecule has 0 N–H and O–H groups in total. The van der Waals surface area contributed by atoms with E-state index in [1.165, 1.54) is 6.20 Å². The number of hydrogen-bond donors (Lipinski definition) is 0. The summed E-state index contributed by atoms with van der Waals surface area (Å²) >= 11 is 0. The van der Waals surface area contributed by atoms with Crippen LogP contribution in [0.5, 0.6) is 0 Å². The molecular weight excluding hydrogens is 194 g/mol. The molecule has 80 valence electrons. The number of rotatable bonds is 4. The zero-order valence-corrected chi connectivity index (χ0v) is 8.86. The molecule has 0 radical (unpaired) electrons. The van der Waals surface area contributed by atoms with Gasteiger partial charge in [0.15, 0.2) is 0 Å². The minimum atomic E-state index is -0.363. The molecule has 0 saturated carbocycles. The highest BCUT2D eigenvalue weighted by molar-refractivity contribution is 5.90. The van der Waals surface area contributed by atoms with E-state index in [1.807, 2.05) is 6.07 Å². The van der Waals surface area contributed by atoms with Crippen LogP contribution in [0.3, 0.4) is 0 Å². The first-order valence-corrected chi connectivity index (χ1v) is 4.77. The molecule has 15 heavy (non-hydrogen) atoms. The van der Waals surface area contributed by atoms with Gasteiger partial charge in [0.2, 0.25) is 0 Å². The smallest absolute Gasteiger partial charge is 0.341 e. The first-order chi connectivity index (χ1) is 7.20. The van der Waals surface area contributed by atoms with Gasteiger partial charge in [-0.2, -0.15) is 10.4 Å². The Kier molecular flexibility index (Phi) is 3.86. The van der Waals surface area contributed by atoms with E-state index < -0.39 is 0 Å². The summed E-state index contributed by atoms with van der Waals surface area (Å²) in [6.45, 7) is 4.40. The number of ether oxygens (including phenoxy) is 1. The fourth-order valence-corrected chi connectivity index (χ4v) is 1.24. The van der Waals surface area contributed by atoms with Crippen molar-refractivity contribution in [1.82, 2.24) is 9.78 Å². The second kappa shape index (κ2) is 5.15. The quantitative estimate of drug-likeness (QED) is 0.697. The molecule has 0 amide bonds. The predicted molar refractivity (Wildman–Crippen MR) is 53.2 cm³/mol. The molecular formula is C10H13N3O2. The summed E-state index contributed by atoms with van der Waals surface area (Å²) in [7, 11) is 0. The van der Waals surface area contributed by atoms with Crippen molar-refractivity contribution < 1.29 is 9.53 Å². The molecule has 0 fully saturated rings. The summed E-state index contributed by atoms with van der Waals surface area (Å²) in [5.41, 5.74) is 1.21. The Labute approximate surface area is 88.3 Å². The summed E-state index contributed by atoms with van der Waals surface area (Å²) < 4.78 is 6.50. The lowest BCUT2D eigenvalue weighted by molar-refractivity contribution is 0.0525. The maximum absolute atomic E-state index is 11.4. The van der Waals surface area contributed by atoms with E-state index in [4.69, 9.17) is 10.00 Å². The first-order valence-electron chi connectivity index (χ1n) is 4.77. The Bertz CT molecular complexity index is 390. The summed E-state index contributed by atoms with van der Waals surface area (Å²) in [6.07, 6.45) is 1.86. The molecule has 1 rings (SSSR count). The normalized spacial score (nSPS) is 9.67. The van der Waals surface area contributed by atoms with Gasteiger partial charge < -0.3 is 4.74 Å². The van der Waals surface area contributed by atoms with Gasteiger partial charge in [0, 0.05) is 5.69 Å². The van der Waals surface area contributed by atoms with Gasteiger partial charge in [-0.05, 0) is 13.8 Å². The van der Waals surface area contributed by atoms with E-state index in [0.29, 0.717) is 25.1 Å². The van der Waals surface area contributed by atoms with Crippen LogP contribution in [-0.2, 0) is 11.3 Å². The maximum atomic E-state index is 11.4. The molecule has 0 aliphatic rings. The van der Waals surface area contributed by atoms with Crippen LogP contribution >= 0.6 is 0 Å². The molecule has 0 aliphatic carbocycles. The van der Waals surface area contributed by atoms with E-state index in [2.05, 4.69) is 5.10 Å². The number of nitriles is 1. The lowest BCUT2D eigenvalue weighted by Crippen LogP contribution is -2.07. The molecule has 1 aromatic rings. The van der Waals surface area contributed by atoms with E-state index in [-0.39, 0.29) is 5.97 Å². The summed E-state index contributed by atoms with van der Waals surface area (Å²) in [6, 6.07) is 2.03. The molecule has 0 aromatic carbocycles. The van der Waals surface area contributed by atoms with Crippen LogP contribution in [0, 0.1) is 18.3 Å². The van der Waals surface area contributed by atoms with Crippen molar-refractivity contribution in [3.8, 4) is 6.07 Å². The van der Waals surface area contributed by atoms with Gasteiger partial charge in [0.25, 0.3) is 0 Å². The molecule has 0 bridgehead atoms. The average Bonchev–Trinajstić information content (AvgIpc) is 2.57. The van der Waals surface area contributed by atoms with E-state index in [9.17, 15) is 4.79 Å². The molecule has 1 aromatic heterocycles. The lowest BCUT2D eigenvalue weighted by Gasteiger charge is -2.02. The van der Waals surface area contributed by atoms with Crippen LogP contribution < -0.4 is 0 Å². The Morgan fingerprint density at radius 3 is 3.07 bits per heavy atom. The highest BCUT2D eigenvalue weighted by atomic mass is 16.5. The number of carbonyl (C=O) groups excluding carboxylic acids is 1. The fourth-order valence-electron chi connectivity index (χ4n) is 1.24. The first kappa shape index (κ1) is 11.2. The Morgan fingerprint density at radius 1 is 1.73 bits per heavy atom. The number of aryl methyl sites for hydroxylation is 1. The maximum Gasteiger partial charge on any atom is 0.341 e. The van der Waals surface area contributed by atoms with E-state index >= 15 is 0 Å². The van der Waals surface area contributed by atoms with Gasteiger partial charge in [-0.1, -0.05) is 0 Å². The minimum Gasteiger partial charge on any atom is -0.462 e. The van der Waals surface area contributed by atoms with Crippen LogP contribution in [0.15, 0.2) is 6.20 Å². The zero-order valence-electron chi connectivity index (χ0n) is 8.86. The number of carbonyl (C=O) groups is 1. The van der Waals surface area contributed by atoms with E-state index in [0.717, 1.165) is 5.69 Å². The van der Waals surface area contributed by atoms with Gasteiger partial charge in [-0.15, -0.1) is 0 Å². The van der Waals surface area contributed by atoms with E-state index in [1.54, 1.807) is 18.5 Å². The van der Waals surface area contributed by atoms with Crippen molar-refractivity contribution in [2.75, 3.05) is 6.61 Å². The summed E-state index contributed by atoms with van der Waals surface area (Å²) in [4.78, 5) is 11.4. The Hall–Kier alpha value is -1.83. The molecule has 0 aliphatic heterocycles. The monoisotopic (exact) mass is 207 g/mol. The van der Waals surface area contributed by atoms with Crippen LogP contribution in [0.1, 0.15) is 29.4 Å². The topological polar surface area (TPSA) is 67.9 Å². The second-order valence-corrected chi connectivity index (χ2v) is 3.00. The van der Waals surface area contributed by atoms with Gasteiger partial charge in [-0.25, -0.2) is 4.79 Å². The van der Waals surface area contributed by atoms with Crippen molar-refractivity contribution in [3.05, 3.63) is 17.5 Å². The molecule has 0 atom stereocenters. The highest BCUT2D eigenvalue weighted by Gasteiger charge is 2.14. The number of nitrogens with zero attached hydrogens (tertiary/aromatic N) is 3. The van der Waals surface area contributed by atoms with Crippen LogP contribution in [0.4, 0.5) is 0 Å². The van der Waals surface area contributed by atoms with Crippen molar-refractivity contribution >= 4 is 5.97 Å². The molecule has 0 spiro atoms. The van der Waals surface area contributed by atoms with Crippen LogP contribution in [0.25, 0.3) is 0 Å². The van der Waals surface area contributed by atoms with Gasteiger partial charge in [-0.3, -0.25) is 4.68 Å². The molecule has 1 heterocycles. The largest absolute Gasteiger partial charge is 0.462 e. The third-order valence-corrected chi connectivity index (χ3v) is 2.03. The molecule has 5 heteroatoms. The molecule has 0 saturated heterocycles.